The molecule has 0 amide bonds. The normalized spacial score (nSPS) is 18.6. The summed E-state index contributed by atoms with van der Waals surface area (Å²) in [6, 6.07) is 2.42. The Kier molecular flexibility index (Phi) is 2.97. The van der Waals surface area contributed by atoms with Gasteiger partial charge in [-0.3, -0.25) is 9.59 Å². The molecule has 0 fully saturated rings. The topological polar surface area (TPSA) is 46.2 Å². The molecule has 0 spiro atoms. The Hall–Kier alpha value is -1.33. The van der Waals surface area contributed by atoms with E-state index in [0.717, 1.165) is 6.07 Å². The second kappa shape index (κ2) is 4.16. The van der Waals surface area contributed by atoms with Crippen LogP contribution in [-0.2, 0) is 4.79 Å². The number of rotatable bonds is 1. The average Bonchev–Trinajstić information content (AvgIpc) is 2.22. The number of hydrogen-bond donors (Lipinski definition) is 1. The molecule has 1 aromatic rings. The third-order valence-electron chi connectivity index (χ3n) is 2.53. The molecule has 1 heterocycles. The number of carbonyl (C=O) groups excluding carboxylic acids is 2. The Morgan fingerprint density at radius 3 is 2.76 bits per heavy atom. The number of Topliss-reactive ketones (excluding diaryl/α,β-unsaturated/α-hetero) is 2. The van der Waals surface area contributed by atoms with E-state index in [2.05, 4.69) is 5.32 Å². The van der Waals surface area contributed by atoms with Crippen LogP contribution in [0.3, 0.4) is 0 Å². The standard InChI is InChI=1S/C11H7ClFNO2S/c1-4(15)7-10(16)8-6(13)3-2-5(12)9(8)14-11(7)17/h2-3,7H,1H3,(H,14,17). The van der Waals surface area contributed by atoms with E-state index >= 15 is 0 Å². The summed E-state index contributed by atoms with van der Waals surface area (Å²) in [5.41, 5.74) is -0.0644. The number of halogens is 2. The molecule has 1 unspecified atom stereocenters. The Bertz CT molecular complexity index is 559. The fraction of sp³-hybridized carbons (Fsp3) is 0.182. The summed E-state index contributed by atoms with van der Waals surface area (Å²) in [5.74, 6) is -2.89. The molecule has 0 radical (unpaired) electrons. The molecule has 0 aromatic heterocycles. The Morgan fingerprint density at radius 2 is 2.18 bits per heavy atom. The van der Waals surface area contributed by atoms with Crippen molar-refractivity contribution in [2.24, 2.45) is 5.92 Å². The molecule has 0 aliphatic carbocycles. The van der Waals surface area contributed by atoms with E-state index in [1.54, 1.807) is 0 Å². The fourth-order valence-electron chi connectivity index (χ4n) is 1.74. The largest absolute Gasteiger partial charge is 0.347 e. The van der Waals surface area contributed by atoms with Crippen molar-refractivity contribution >= 4 is 46.1 Å². The van der Waals surface area contributed by atoms with Gasteiger partial charge in [-0.25, -0.2) is 4.39 Å². The van der Waals surface area contributed by atoms with Gasteiger partial charge in [0.1, 0.15) is 17.5 Å². The van der Waals surface area contributed by atoms with Crippen LogP contribution < -0.4 is 5.32 Å². The minimum atomic E-state index is -1.12. The first kappa shape index (κ1) is 12.1. The Morgan fingerprint density at radius 1 is 1.53 bits per heavy atom. The van der Waals surface area contributed by atoms with Crippen molar-refractivity contribution in [1.29, 1.82) is 0 Å². The first-order valence-corrected chi connectivity index (χ1v) is 5.55. The predicted octanol–water partition coefficient (Wildman–Crippen LogP) is 2.62. The molecule has 0 saturated carbocycles. The summed E-state index contributed by atoms with van der Waals surface area (Å²) in [6.07, 6.45) is 0. The van der Waals surface area contributed by atoms with E-state index in [1.165, 1.54) is 13.0 Å². The van der Waals surface area contributed by atoms with Crippen molar-refractivity contribution in [2.45, 2.75) is 6.92 Å². The van der Waals surface area contributed by atoms with Gasteiger partial charge in [0.2, 0.25) is 0 Å². The van der Waals surface area contributed by atoms with Gasteiger partial charge in [-0.2, -0.15) is 0 Å². The van der Waals surface area contributed by atoms with Gasteiger partial charge in [0.15, 0.2) is 5.78 Å². The first-order chi connectivity index (χ1) is 7.93. The molecule has 1 aliphatic heterocycles. The van der Waals surface area contributed by atoms with E-state index in [4.69, 9.17) is 23.8 Å². The van der Waals surface area contributed by atoms with Crippen LogP contribution in [0.15, 0.2) is 12.1 Å². The summed E-state index contributed by atoms with van der Waals surface area (Å²) in [4.78, 5) is 23.4. The summed E-state index contributed by atoms with van der Waals surface area (Å²) < 4.78 is 13.6. The third-order valence-corrected chi connectivity index (χ3v) is 3.18. The van der Waals surface area contributed by atoms with Crippen molar-refractivity contribution in [3.8, 4) is 0 Å². The molecule has 2 rings (SSSR count). The van der Waals surface area contributed by atoms with E-state index in [-0.39, 0.29) is 21.3 Å². The van der Waals surface area contributed by atoms with Crippen molar-refractivity contribution in [1.82, 2.24) is 0 Å². The molecule has 1 aliphatic rings. The maximum Gasteiger partial charge on any atom is 0.185 e. The van der Waals surface area contributed by atoms with Gasteiger partial charge in [-0.1, -0.05) is 23.8 Å². The minimum absolute atomic E-state index is 0.0579. The highest BCUT2D eigenvalue weighted by atomic mass is 35.5. The summed E-state index contributed by atoms with van der Waals surface area (Å²) in [6.45, 7) is 1.24. The Balaban J connectivity index is 2.66. The zero-order valence-corrected chi connectivity index (χ0v) is 10.3. The molecule has 88 valence electrons. The number of anilines is 1. The number of carbonyl (C=O) groups is 2. The molecule has 1 N–H and O–H groups in total. The number of fused-ring (bicyclic) bond motifs is 1. The highest BCUT2D eigenvalue weighted by Crippen LogP contribution is 2.34. The van der Waals surface area contributed by atoms with Crippen LogP contribution >= 0.6 is 23.8 Å². The lowest BCUT2D eigenvalue weighted by atomic mass is 9.89. The number of ketones is 2. The SMILES string of the molecule is CC(=O)C1C(=O)c2c(F)ccc(Cl)c2NC1=S. The maximum absolute atomic E-state index is 13.6. The molecular formula is C11H7ClFNO2S. The maximum atomic E-state index is 13.6. The van der Waals surface area contributed by atoms with Crippen molar-refractivity contribution in [2.75, 3.05) is 5.32 Å². The number of hydrogen-bond acceptors (Lipinski definition) is 3. The smallest absolute Gasteiger partial charge is 0.185 e. The molecule has 1 aromatic carbocycles. The zero-order chi connectivity index (χ0) is 12.7. The zero-order valence-electron chi connectivity index (χ0n) is 8.71. The predicted molar refractivity (Wildman–Crippen MR) is 66.1 cm³/mol. The van der Waals surface area contributed by atoms with Gasteiger partial charge in [0.05, 0.1) is 21.3 Å². The van der Waals surface area contributed by atoms with Gasteiger partial charge in [0.25, 0.3) is 0 Å². The molecule has 3 nitrogen and oxygen atoms in total. The highest BCUT2D eigenvalue weighted by Gasteiger charge is 2.37. The van der Waals surface area contributed by atoms with E-state index < -0.39 is 23.3 Å². The fourth-order valence-corrected chi connectivity index (χ4v) is 2.32. The molecule has 6 heteroatoms. The van der Waals surface area contributed by atoms with Crippen LogP contribution in [0, 0.1) is 11.7 Å². The molecule has 0 saturated heterocycles. The lowest BCUT2D eigenvalue weighted by Gasteiger charge is -2.25. The molecule has 17 heavy (non-hydrogen) atoms. The van der Waals surface area contributed by atoms with Crippen LogP contribution in [0.25, 0.3) is 0 Å². The second-order valence-corrected chi connectivity index (χ2v) is 4.52. The number of benzene rings is 1. The van der Waals surface area contributed by atoms with E-state index in [9.17, 15) is 14.0 Å². The first-order valence-electron chi connectivity index (χ1n) is 4.77. The Labute approximate surface area is 107 Å². The summed E-state index contributed by atoms with van der Waals surface area (Å²) in [7, 11) is 0. The van der Waals surface area contributed by atoms with Crippen LogP contribution in [0.1, 0.15) is 17.3 Å². The highest BCUT2D eigenvalue weighted by molar-refractivity contribution is 7.80. The lowest BCUT2D eigenvalue weighted by molar-refractivity contribution is -0.117. The summed E-state index contributed by atoms with van der Waals surface area (Å²) in [5, 5.41) is 2.84. The number of thiocarbonyl (C=S) groups is 1. The van der Waals surface area contributed by atoms with Crippen molar-refractivity contribution in [3.05, 3.63) is 28.5 Å². The molecule has 1 atom stereocenters. The van der Waals surface area contributed by atoms with Gasteiger partial charge >= 0.3 is 0 Å². The van der Waals surface area contributed by atoms with Crippen LogP contribution in [0.5, 0.6) is 0 Å². The van der Waals surface area contributed by atoms with Crippen molar-refractivity contribution < 1.29 is 14.0 Å². The van der Waals surface area contributed by atoms with E-state index in [1.807, 2.05) is 0 Å². The third kappa shape index (κ3) is 1.85. The summed E-state index contributed by atoms with van der Waals surface area (Å²) >= 11 is 10.8. The monoisotopic (exact) mass is 271 g/mol. The number of nitrogens with one attached hydrogen (secondary N) is 1. The van der Waals surface area contributed by atoms with Gasteiger partial charge < -0.3 is 5.32 Å². The molecular weight excluding hydrogens is 265 g/mol. The lowest BCUT2D eigenvalue weighted by Crippen LogP contribution is -2.39. The minimum Gasteiger partial charge on any atom is -0.347 e. The second-order valence-electron chi connectivity index (χ2n) is 3.68. The van der Waals surface area contributed by atoms with Gasteiger partial charge in [0, 0.05) is 0 Å². The van der Waals surface area contributed by atoms with Gasteiger partial charge in [-0.15, -0.1) is 0 Å². The molecule has 0 bridgehead atoms. The van der Waals surface area contributed by atoms with Crippen LogP contribution in [-0.4, -0.2) is 16.6 Å². The average molecular weight is 272 g/mol. The van der Waals surface area contributed by atoms with Crippen molar-refractivity contribution in [3.63, 3.8) is 0 Å². The van der Waals surface area contributed by atoms with Gasteiger partial charge in [-0.05, 0) is 19.1 Å². The quantitative estimate of drug-likeness (QED) is 0.630. The van der Waals surface area contributed by atoms with Crippen LogP contribution in [0.4, 0.5) is 10.1 Å². The van der Waals surface area contributed by atoms with E-state index in [0.29, 0.717) is 0 Å². The van der Waals surface area contributed by atoms with Crippen LogP contribution in [0.2, 0.25) is 5.02 Å².